The molecule has 33 heavy (non-hydrogen) atoms. The second-order valence-corrected chi connectivity index (χ2v) is 14.7. The largest absolute Gasteiger partial charge is 0.310 e. The van der Waals surface area contributed by atoms with E-state index >= 15 is 0 Å². The van der Waals surface area contributed by atoms with Crippen molar-refractivity contribution in [3.63, 3.8) is 0 Å². The fraction of sp³-hybridized carbons (Fsp3) is 0.308. The van der Waals surface area contributed by atoms with Gasteiger partial charge in [0.1, 0.15) is 4.90 Å². The molecule has 0 fully saturated rings. The molecule has 180 valence electrons. The molecule has 0 N–H and O–H groups in total. The highest BCUT2D eigenvalue weighted by molar-refractivity contribution is 8.45. The van der Waals surface area contributed by atoms with E-state index < -0.39 is 26.0 Å². The Morgan fingerprint density at radius 3 is 1.00 bits per heavy atom. The molecular weight excluding hydrogens is 471 g/mol. The Hall–Kier alpha value is -1.99. The second-order valence-electron chi connectivity index (χ2n) is 10.3. The zero-order chi connectivity index (χ0) is 24.9. The molecule has 7 heteroatoms. The van der Waals surface area contributed by atoms with Gasteiger partial charge in [-0.05, 0) is 70.5 Å². The lowest BCUT2D eigenvalue weighted by molar-refractivity contribution is 0.364. The molecule has 0 saturated heterocycles. The maximum absolute atomic E-state index is 13.2. The third-order valence-corrected chi connectivity index (χ3v) is 8.81. The van der Waals surface area contributed by atoms with E-state index in [-0.39, 0.29) is 10.8 Å². The average molecular weight is 502 g/mol. The third-order valence-electron chi connectivity index (χ3n) is 5.42. The van der Waals surface area contributed by atoms with E-state index in [4.69, 9.17) is 0 Å². The Bertz CT molecular complexity index is 1060. The Balaban J connectivity index is 2.12. The van der Waals surface area contributed by atoms with Gasteiger partial charge in [0, 0.05) is 0 Å². The molecule has 0 nitrogen and oxygen atoms in total. The summed E-state index contributed by atoms with van der Waals surface area (Å²) < 4.78 is 66.2. The Kier molecular flexibility index (Phi) is 5.83. The summed E-state index contributed by atoms with van der Waals surface area (Å²) in [5, 5.41) is 0. The van der Waals surface area contributed by atoms with Gasteiger partial charge in [0.05, 0.1) is 10.9 Å². The highest BCUT2D eigenvalue weighted by Gasteiger charge is 2.65. The number of rotatable bonds is 4. The van der Waals surface area contributed by atoms with Crippen molar-refractivity contribution >= 4 is 21.1 Å². The van der Waals surface area contributed by atoms with E-state index in [1.165, 1.54) is 12.1 Å². The minimum Gasteiger partial charge on any atom is -0.0936 e. The van der Waals surface area contributed by atoms with Crippen LogP contribution in [0, 0.1) is 0 Å². The number of hydrogen-bond donors (Lipinski definition) is 0. The smallest absolute Gasteiger partial charge is 0.0936 e. The van der Waals surface area contributed by atoms with Crippen LogP contribution in [0.3, 0.4) is 0 Å². The number of halogens is 5. The monoisotopic (exact) mass is 501 g/mol. The molecule has 0 aliphatic rings. The van der Waals surface area contributed by atoms with Crippen LogP contribution in [0.1, 0.15) is 52.7 Å². The number of benzene rings is 3. The van der Waals surface area contributed by atoms with Crippen molar-refractivity contribution in [2.75, 3.05) is 0 Å². The van der Waals surface area contributed by atoms with Crippen molar-refractivity contribution in [2.24, 2.45) is 0 Å². The van der Waals surface area contributed by atoms with Gasteiger partial charge < -0.3 is 0 Å². The molecule has 0 heterocycles. The van der Waals surface area contributed by atoms with Gasteiger partial charge in [-0.3, -0.25) is 0 Å². The first-order chi connectivity index (χ1) is 14.8. The standard InChI is InChI=1S/C26H30F5S2/c1-25(2,3)19-7-11-21(12-8-19)32(22-13-9-20(10-14-22)26(4,5)6)23-15-17-24(18-16-23)33(27,28,29,30)31/h7-18H,1-6H3/q+1. The molecule has 0 unspecified atom stereocenters. The van der Waals surface area contributed by atoms with Gasteiger partial charge in [-0.1, -0.05) is 85.2 Å². The zero-order valence-electron chi connectivity index (χ0n) is 19.6. The van der Waals surface area contributed by atoms with E-state index in [1.807, 2.05) is 48.5 Å². The van der Waals surface area contributed by atoms with Crippen molar-refractivity contribution in [1.29, 1.82) is 0 Å². The third kappa shape index (κ3) is 6.12. The molecule has 0 aliphatic heterocycles. The summed E-state index contributed by atoms with van der Waals surface area (Å²) in [6.07, 6.45) is 0. The molecule has 3 rings (SSSR count). The summed E-state index contributed by atoms with van der Waals surface area (Å²) in [4.78, 5) is 0.499. The lowest BCUT2D eigenvalue weighted by Crippen LogP contribution is -2.13. The van der Waals surface area contributed by atoms with Crippen LogP contribution in [0.2, 0.25) is 0 Å². The van der Waals surface area contributed by atoms with Gasteiger partial charge in [-0.25, -0.2) is 0 Å². The van der Waals surface area contributed by atoms with Crippen LogP contribution < -0.4 is 0 Å². The quantitative estimate of drug-likeness (QED) is 0.246. The fourth-order valence-corrected chi connectivity index (χ4v) is 6.11. The molecule has 0 aliphatic carbocycles. The summed E-state index contributed by atoms with van der Waals surface area (Å²) in [5.41, 5.74) is 2.17. The van der Waals surface area contributed by atoms with Crippen LogP contribution in [0.5, 0.6) is 0 Å². The molecule has 0 amide bonds. The summed E-state index contributed by atoms with van der Waals surface area (Å²) >= 11 is 0. The Morgan fingerprint density at radius 1 is 0.485 bits per heavy atom. The van der Waals surface area contributed by atoms with Crippen molar-refractivity contribution < 1.29 is 19.4 Å². The first-order valence-electron chi connectivity index (χ1n) is 10.6. The van der Waals surface area contributed by atoms with Crippen LogP contribution in [-0.2, 0) is 21.7 Å². The minimum atomic E-state index is -9.72. The van der Waals surface area contributed by atoms with Gasteiger partial charge in [0.2, 0.25) is 0 Å². The van der Waals surface area contributed by atoms with Crippen LogP contribution in [0.15, 0.2) is 92.4 Å². The average Bonchev–Trinajstić information content (AvgIpc) is 2.66. The maximum atomic E-state index is 13.2. The van der Waals surface area contributed by atoms with Gasteiger partial charge in [0.15, 0.2) is 14.7 Å². The first-order valence-corrected chi connectivity index (χ1v) is 13.7. The van der Waals surface area contributed by atoms with Crippen LogP contribution in [0.25, 0.3) is 0 Å². The maximum Gasteiger partial charge on any atom is 0.310 e. The zero-order valence-corrected chi connectivity index (χ0v) is 21.3. The highest BCUT2D eigenvalue weighted by atomic mass is 32.5. The van der Waals surface area contributed by atoms with Crippen LogP contribution in [-0.4, -0.2) is 0 Å². The molecular formula is C26H30F5S2+. The summed E-state index contributed by atoms with van der Waals surface area (Å²) in [6, 6.07) is 19.3. The predicted octanol–water partition coefficient (Wildman–Crippen LogP) is 10.0. The molecule has 0 aromatic heterocycles. The van der Waals surface area contributed by atoms with Gasteiger partial charge in [-0.2, -0.15) is 0 Å². The van der Waals surface area contributed by atoms with E-state index in [1.54, 1.807) is 0 Å². The van der Waals surface area contributed by atoms with E-state index in [9.17, 15) is 19.4 Å². The van der Waals surface area contributed by atoms with Gasteiger partial charge in [0.25, 0.3) is 0 Å². The molecule has 3 aromatic rings. The molecule has 0 radical (unpaired) electrons. The summed E-state index contributed by atoms with van der Waals surface area (Å²) in [5.74, 6) is 0. The molecule has 0 spiro atoms. The van der Waals surface area contributed by atoms with Gasteiger partial charge >= 0.3 is 10.2 Å². The van der Waals surface area contributed by atoms with Gasteiger partial charge in [-0.15, -0.1) is 0 Å². The fourth-order valence-electron chi connectivity index (χ4n) is 3.42. The molecule has 0 saturated carbocycles. The van der Waals surface area contributed by atoms with Crippen molar-refractivity contribution in [3.8, 4) is 0 Å². The lowest BCUT2D eigenvalue weighted by Gasteiger charge is -2.40. The lowest BCUT2D eigenvalue weighted by atomic mass is 9.87. The topological polar surface area (TPSA) is 0 Å². The number of hydrogen-bond acceptors (Lipinski definition) is 0. The normalized spacial score (nSPS) is 15.3. The Morgan fingerprint density at radius 2 is 0.758 bits per heavy atom. The first kappa shape index (κ1) is 25.6. The van der Waals surface area contributed by atoms with Crippen molar-refractivity contribution in [2.45, 2.75) is 72.0 Å². The van der Waals surface area contributed by atoms with E-state index in [0.29, 0.717) is 17.0 Å². The minimum absolute atomic E-state index is 0.0470. The summed E-state index contributed by atoms with van der Waals surface area (Å²) in [7, 11) is -10.5. The molecule has 0 atom stereocenters. The predicted molar refractivity (Wildman–Crippen MR) is 130 cm³/mol. The van der Waals surface area contributed by atoms with Crippen molar-refractivity contribution in [3.05, 3.63) is 83.9 Å². The van der Waals surface area contributed by atoms with Crippen LogP contribution in [0.4, 0.5) is 19.4 Å². The highest BCUT2D eigenvalue weighted by Crippen LogP contribution is 3.02. The van der Waals surface area contributed by atoms with Crippen molar-refractivity contribution in [1.82, 2.24) is 0 Å². The SMILES string of the molecule is CC(C)(C)c1ccc([S+](c2ccc(C(C)(C)C)cc2)c2ccc(S(F)(F)(F)(F)F)cc2)cc1. The summed E-state index contributed by atoms with van der Waals surface area (Å²) in [6.45, 7) is 12.6. The van der Waals surface area contributed by atoms with E-state index in [0.717, 1.165) is 20.9 Å². The Labute approximate surface area is 196 Å². The second kappa shape index (κ2) is 7.51. The molecule has 3 aromatic carbocycles. The molecule has 0 bridgehead atoms. The van der Waals surface area contributed by atoms with Crippen LogP contribution >= 0.6 is 10.2 Å². The van der Waals surface area contributed by atoms with E-state index in [2.05, 4.69) is 41.5 Å².